The Morgan fingerprint density at radius 2 is 1.35 bits per heavy atom. The predicted molar refractivity (Wildman–Crippen MR) is 126 cm³/mol. The predicted octanol–water partition coefficient (Wildman–Crippen LogP) is 4.14. The van der Waals surface area contributed by atoms with Crippen molar-refractivity contribution in [1.29, 1.82) is 0 Å². The van der Waals surface area contributed by atoms with Crippen molar-refractivity contribution in [2.24, 2.45) is 4.99 Å². The van der Waals surface area contributed by atoms with E-state index in [1.54, 1.807) is 0 Å². The van der Waals surface area contributed by atoms with Gasteiger partial charge >= 0.3 is 201 Å². The molecule has 0 aromatic carbocycles. The van der Waals surface area contributed by atoms with Gasteiger partial charge in [-0.15, -0.1) is 0 Å². The number of nitrogens with one attached hydrogen (secondary N) is 1. The van der Waals surface area contributed by atoms with Gasteiger partial charge in [0.1, 0.15) is 0 Å². The van der Waals surface area contributed by atoms with Gasteiger partial charge in [0.15, 0.2) is 0 Å². The molecule has 1 amide bonds. The van der Waals surface area contributed by atoms with Gasteiger partial charge in [-0.25, -0.2) is 4.79 Å². The van der Waals surface area contributed by atoms with Crippen LogP contribution in [0.15, 0.2) is 4.99 Å². The summed E-state index contributed by atoms with van der Waals surface area (Å²) in [5, 5.41) is 2.33. The first kappa shape index (κ1) is 35.5. The average molecular weight is 612 g/mol. The minimum atomic E-state index is -7.01. The number of amides is 1. The zero-order chi connectivity index (χ0) is 29.2. The first-order chi connectivity index (χ1) is 16.8. The van der Waals surface area contributed by atoms with Crippen LogP contribution in [0.4, 0.5) is 31.1 Å². The molecule has 0 fully saturated rings. The van der Waals surface area contributed by atoms with Gasteiger partial charge in [-0.05, 0) is 0 Å². The van der Waals surface area contributed by atoms with Gasteiger partial charge in [0.25, 0.3) is 0 Å². The Balaban J connectivity index is 5.90. The fraction of sp³-hybridized carbons (Fsp3) is 0.889. The third-order valence-corrected chi connectivity index (χ3v) is 20.7. The molecular formula is C18H32F6N3O7PS2. The van der Waals surface area contributed by atoms with E-state index in [1.165, 1.54) is 6.08 Å². The van der Waals surface area contributed by atoms with Crippen LogP contribution in [0.5, 0.6) is 0 Å². The monoisotopic (exact) mass is 611 g/mol. The molecule has 0 saturated heterocycles. The number of ether oxygens (including phenoxy) is 1. The molecule has 220 valence electrons. The molecule has 0 aliphatic heterocycles. The van der Waals surface area contributed by atoms with E-state index in [-0.39, 0.29) is 6.54 Å². The number of aliphatic imine (C=N–C) groups is 1. The number of unbranched alkanes of at least 4 members (excludes halogenated alkanes) is 3. The normalized spacial score (nSPS) is 14.5. The molecule has 0 aliphatic carbocycles. The zero-order valence-corrected chi connectivity index (χ0v) is 23.1. The summed E-state index contributed by atoms with van der Waals surface area (Å²) < 4.78 is 134. The second kappa shape index (κ2) is 13.5. The summed E-state index contributed by atoms with van der Waals surface area (Å²) in [6.07, 6.45) is -0.0203. The Bertz CT molecular complexity index is 970. The van der Waals surface area contributed by atoms with Crippen LogP contribution in [0.1, 0.15) is 46.5 Å². The minimum absolute atomic E-state index is 0.117. The molecule has 0 rings (SSSR count). The molecule has 0 heterocycles. The van der Waals surface area contributed by atoms with Crippen LogP contribution in [0, 0.1) is 0 Å². The Morgan fingerprint density at radius 3 is 1.76 bits per heavy atom. The molecule has 10 nitrogen and oxygen atoms in total. The number of alkyl carbamates (subject to hydrolysis) is 1. The van der Waals surface area contributed by atoms with Crippen molar-refractivity contribution in [1.82, 2.24) is 8.80 Å². The number of alkyl halides is 6. The van der Waals surface area contributed by atoms with E-state index in [0.29, 0.717) is 32.2 Å². The first-order valence-corrected chi connectivity index (χ1v) is 17.0. The molecule has 0 atom stereocenters. The van der Waals surface area contributed by atoms with Crippen molar-refractivity contribution in [2.45, 2.75) is 57.5 Å². The molecular weight excluding hydrogens is 579 g/mol. The van der Waals surface area contributed by atoms with Crippen LogP contribution in [0.3, 0.4) is 0 Å². The van der Waals surface area contributed by atoms with Crippen molar-refractivity contribution in [3.05, 3.63) is 0 Å². The molecule has 0 spiro atoms. The molecule has 19 heteroatoms. The summed E-state index contributed by atoms with van der Waals surface area (Å²) in [6.45, 7) is -2.22. The fourth-order valence-electron chi connectivity index (χ4n) is 3.82. The Kier molecular flexibility index (Phi) is 13.0. The molecule has 0 aromatic heterocycles. The second-order valence-electron chi connectivity index (χ2n) is 8.11. The standard InChI is InChI=1S/C18H32F6N3O7PS2/c1-4-35(5-2,6-3,14-13-34-16(29)26-12-10-8-7-9-11-25-15-28)27(36(30,31)17(19,20)21)37(32,33)18(22,23)24/h4-14H2,1-3H3,(H,26,29). The van der Waals surface area contributed by atoms with Crippen LogP contribution in [0.2, 0.25) is 0 Å². The molecule has 0 bridgehead atoms. The molecule has 0 radical (unpaired) electrons. The van der Waals surface area contributed by atoms with Crippen LogP contribution < -0.4 is 5.32 Å². The quantitative estimate of drug-likeness (QED) is 0.0910. The molecule has 0 unspecified atom stereocenters. The molecule has 0 saturated carbocycles. The topological polar surface area (TPSA) is 139 Å². The Hall–Kier alpha value is -1.48. The van der Waals surface area contributed by atoms with Gasteiger partial charge < -0.3 is 0 Å². The van der Waals surface area contributed by atoms with Gasteiger partial charge in [-0.3, -0.25) is 0 Å². The number of hydrogen-bond acceptors (Lipinski definition) is 8. The summed E-state index contributed by atoms with van der Waals surface area (Å²) in [4.78, 5) is 25.3. The number of nitrogens with zero attached hydrogens (tertiary/aromatic N) is 2. The van der Waals surface area contributed by atoms with Crippen molar-refractivity contribution in [2.75, 3.05) is 44.3 Å². The second-order valence-corrected chi connectivity index (χ2v) is 19.0. The number of carbonyl (C=O) groups excluding carboxylic acids is 2. The molecule has 1 N–H and O–H groups in total. The van der Waals surface area contributed by atoms with Gasteiger partial charge in [-0.2, -0.15) is 0 Å². The van der Waals surface area contributed by atoms with E-state index in [1.807, 2.05) is 0 Å². The number of rotatable bonds is 16. The maximum absolute atomic E-state index is 13.5. The number of sulfonamides is 2. The Morgan fingerprint density at radius 1 is 0.892 bits per heavy atom. The SMILES string of the molecule is CCP(CC)(CC)(CCOC(=O)NCCCCCCN=C=O)N(S(=O)(=O)C(F)(F)F)S(=O)(=O)C(F)(F)F. The number of isocyanates is 1. The van der Waals surface area contributed by atoms with E-state index in [0.717, 1.165) is 20.8 Å². The third kappa shape index (κ3) is 8.25. The van der Waals surface area contributed by atoms with Crippen molar-refractivity contribution in [3.8, 4) is 0 Å². The molecule has 37 heavy (non-hydrogen) atoms. The van der Waals surface area contributed by atoms with E-state index >= 15 is 0 Å². The maximum atomic E-state index is 13.5. The van der Waals surface area contributed by atoms with E-state index < -0.39 is 78.6 Å². The van der Waals surface area contributed by atoms with E-state index in [2.05, 4.69) is 10.3 Å². The van der Waals surface area contributed by atoms with Crippen LogP contribution in [-0.2, 0) is 29.6 Å². The zero-order valence-electron chi connectivity index (χ0n) is 20.6. The van der Waals surface area contributed by atoms with Gasteiger partial charge in [-0.1, -0.05) is 0 Å². The average Bonchev–Trinajstić information content (AvgIpc) is 2.78. The van der Waals surface area contributed by atoms with Crippen LogP contribution >= 0.6 is 6.75 Å². The molecule has 0 aromatic rings. The number of hydrogen-bond donors (Lipinski definition) is 1. The summed E-state index contributed by atoms with van der Waals surface area (Å²) in [5.74, 6) is 0. The van der Waals surface area contributed by atoms with Crippen molar-refractivity contribution >= 4 is 39.0 Å². The van der Waals surface area contributed by atoms with E-state index in [4.69, 9.17) is 4.74 Å². The van der Waals surface area contributed by atoms with E-state index in [9.17, 15) is 52.8 Å². The molecule has 0 aliphatic rings. The Labute approximate surface area is 212 Å². The van der Waals surface area contributed by atoms with Crippen molar-refractivity contribution < 1.29 is 57.5 Å². The summed E-state index contributed by atoms with van der Waals surface area (Å²) in [5.41, 5.74) is -12.7. The van der Waals surface area contributed by atoms with Crippen molar-refractivity contribution in [3.63, 3.8) is 0 Å². The van der Waals surface area contributed by atoms with Crippen LogP contribution in [-0.4, -0.2) is 87.9 Å². The first-order valence-electron chi connectivity index (χ1n) is 11.2. The summed E-state index contributed by atoms with van der Waals surface area (Å²) in [7, 11) is -14.0. The number of halogens is 6. The summed E-state index contributed by atoms with van der Waals surface area (Å²) >= 11 is 0. The van der Waals surface area contributed by atoms with Crippen LogP contribution in [0.25, 0.3) is 0 Å². The van der Waals surface area contributed by atoms with Gasteiger partial charge in [0, 0.05) is 0 Å². The van der Waals surface area contributed by atoms with Gasteiger partial charge in [0.05, 0.1) is 0 Å². The summed E-state index contributed by atoms with van der Waals surface area (Å²) in [6, 6.07) is 0. The third-order valence-electron chi connectivity index (χ3n) is 6.32. The number of carbonyl (C=O) groups is 1. The fourth-order valence-corrected chi connectivity index (χ4v) is 17.4. The van der Waals surface area contributed by atoms with Gasteiger partial charge in [0.2, 0.25) is 6.08 Å².